The van der Waals surface area contributed by atoms with E-state index in [9.17, 15) is 4.79 Å². The zero-order valence-corrected chi connectivity index (χ0v) is 8.48. The maximum Gasteiger partial charge on any atom is 0.189 e. The van der Waals surface area contributed by atoms with E-state index < -0.39 is 0 Å². The zero-order valence-electron chi connectivity index (χ0n) is 7.73. The van der Waals surface area contributed by atoms with Crippen molar-refractivity contribution in [2.24, 2.45) is 0 Å². The highest BCUT2D eigenvalue weighted by Gasteiger charge is 2.10. The van der Waals surface area contributed by atoms with Crippen LogP contribution in [0.4, 0.5) is 0 Å². The first-order chi connectivity index (χ1) is 6.02. The summed E-state index contributed by atoms with van der Waals surface area (Å²) in [5, 5.41) is 0.494. The van der Waals surface area contributed by atoms with Gasteiger partial charge in [-0.25, -0.2) is 0 Å². The second kappa shape index (κ2) is 3.75. The second-order valence-corrected chi connectivity index (χ2v) is 3.50. The van der Waals surface area contributed by atoms with Crippen molar-refractivity contribution < 1.29 is 4.79 Å². The Labute approximate surface area is 83.0 Å². The van der Waals surface area contributed by atoms with E-state index in [1.165, 1.54) is 0 Å². The molecular weight excluding hydrogens is 184 g/mol. The molecule has 0 bridgehead atoms. The molecule has 0 saturated carbocycles. The molecule has 1 aromatic rings. The third-order valence-corrected chi connectivity index (χ3v) is 2.07. The van der Waals surface area contributed by atoms with Crippen LogP contribution < -0.4 is 0 Å². The van der Waals surface area contributed by atoms with Gasteiger partial charge in [0.2, 0.25) is 0 Å². The predicted octanol–water partition coefficient (Wildman–Crippen LogP) is 3.41. The van der Waals surface area contributed by atoms with E-state index in [0.29, 0.717) is 16.2 Å². The first-order valence-electron chi connectivity index (χ1n) is 3.98. The third-order valence-electron chi connectivity index (χ3n) is 1.76. The van der Waals surface area contributed by atoms with Crippen molar-refractivity contribution in [3.05, 3.63) is 46.5 Å². The smallest absolute Gasteiger partial charge is 0.189 e. The molecule has 0 aliphatic carbocycles. The van der Waals surface area contributed by atoms with Crippen molar-refractivity contribution in [1.82, 2.24) is 0 Å². The number of carbonyl (C=O) groups excluding carboxylic acids is 1. The minimum absolute atomic E-state index is 0.0926. The minimum Gasteiger partial charge on any atom is -0.289 e. The predicted molar refractivity (Wildman–Crippen MR) is 55.3 cm³/mol. The number of hydrogen-bond donors (Lipinski definition) is 0. The normalized spacial score (nSPS) is 9.77. The van der Waals surface area contributed by atoms with Crippen LogP contribution in [0, 0.1) is 6.92 Å². The molecule has 0 aliphatic heterocycles. The van der Waals surface area contributed by atoms with Gasteiger partial charge >= 0.3 is 0 Å². The van der Waals surface area contributed by atoms with Gasteiger partial charge in [-0.05, 0) is 37.1 Å². The van der Waals surface area contributed by atoms with E-state index in [-0.39, 0.29) is 5.78 Å². The van der Waals surface area contributed by atoms with Crippen LogP contribution in [0.2, 0.25) is 5.02 Å². The Bertz CT molecular complexity index is 366. The topological polar surface area (TPSA) is 17.1 Å². The van der Waals surface area contributed by atoms with Crippen LogP contribution in [-0.2, 0) is 0 Å². The molecule has 0 atom stereocenters. The van der Waals surface area contributed by atoms with E-state index in [1.54, 1.807) is 19.1 Å². The third kappa shape index (κ3) is 2.19. The fourth-order valence-corrected chi connectivity index (χ4v) is 1.36. The zero-order chi connectivity index (χ0) is 10.0. The largest absolute Gasteiger partial charge is 0.289 e. The summed E-state index contributed by atoms with van der Waals surface area (Å²) >= 11 is 5.91. The van der Waals surface area contributed by atoms with Crippen LogP contribution in [0.3, 0.4) is 0 Å². The fourth-order valence-electron chi connectivity index (χ4n) is 1.03. The molecule has 2 heteroatoms. The molecule has 1 aromatic carbocycles. The molecule has 0 aliphatic rings. The molecule has 13 heavy (non-hydrogen) atoms. The Balaban J connectivity index is 3.16. The van der Waals surface area contributed by atoms with Gasteiger partial charge in [-0.2, -0.15) is 0 Å². The van der Waals surface area contributed by atoms with Crippen LogP contribution in [0.1, 0.15) is 22.8 Å². The minimum atomic E-state index is -0.0926. The summed E-state index contributed by atoms with van der Waals surface area (Å²) in [5.41, 5.74) is 2.08. The number of benzene rings is 1. The molecule has 1 rings (SSSR count). The lowest BCUT2D eigenvalue weighted by atomic mass is 10.0. The van der Waals surface area contributed by atoms with E-state index in [0.717, 1.165) is 5.56 Å². The average Bonchev–Trinajstić information content (AvgIpc) is 2.03. The molecule has 68 valence electrons. The molecule has 0 heterocycles. The Kier molecular flexibility index (Phi) is 2.89. The van der Waals surface area contributed by atoms with Gasteiger partial charge in [0, 0.05) is 5.56 Å². The standard InChI is InChI=1S/C11H11ClO/c1-7(2)11(13)9-5-4-8(3)6-10(9)12/h4-6H,1H2,2-3H3. The Morgan fingerprint density at radius 1 is 1.46 bits per heavy atom. The highest BCUT2D eigenvalue weighted by molar-refractivity contribution is 6.34. The lowest BCUT2D eigenvalue weighted by Gasteiger charge is -2.03. The first kappa shape index (κ1) is 10.0. The first-order valence-corrected chi connectivity index (χ1v) is 4.36. The molecule has 0 N–H and O–H groups in total. The molecule has 0 saturated heterocycles. The van der Waals surface area contributed by atoms with Crippen molar-refractivity contribution in [3.8, 4) is 0 Å². The summed E-state index contributed by atoms with van der Waals surface area (Å²) in [6.45, 7) is 7.20. The number of allylic oxidation sites excluding steroid dienone is 1. The number of carbonyl (C=O) groups is 1. The lowest BCUT2D eigenvalue weighted by molar-refractivity contribution is 0.103. The van der Waals surface area contributed by atoms with Gasteiger partial charge in [-0.1, -0.05) is 24.2 Å². The van der Waals surface area contributed by atoms with Crippen LogP contribution in [-0.4, -0.2) is 5.78 Å². The van der Waals surface area contributed by atoms with Gasteiger partial charge in [0.25, 0.3) is 0 Å². The molecule has 0 radical (unpaired) electrons. The Morgan fingerprint density at radius 2 is 2.08 bits per heavy atom. The van der Waals surface area contributed by atoms with Crippen molar-refractivity contribution in [3.63, 3.8) is 0 Å². The Hall–Kier alpha value is -1.08. The molecular formula is C11H11ClO. The summed E-state index contributed by atoms with van der Waals surface area (Å²) in [6.07, 6.45) is 0. The number of Topliss-reactive ketones (excluding diaryl/α,β-unsaturated/α-hetero) is 1. The number of aryl methyl sites for hydroxylation is 1. The molecule has 1 nitrogen and oxygen atoms in total. The van der Waals surface area contributed by atoms with Gasteiger partial charge in [0.1, 0.15) is 0 Å². The van der Waals surface area contributed by atoms with Gasteiger partial charge < -0.3 is 0 Å². The van der Waals surface area contributed by atoms with Gasteiger partial charge in [-0.3, -0.25) is 4.79 Å². The summed E-state index contributed by atoms with van der Waals surface area (Å²) in [5.74, 6) is -0.0926. The van der Waals surface area contributed by atoms with Gasteiger partial charge in [0.05, 0.1) is 5.02 Å². The summed E-state index contributed by atoms with van der Waals surface area (Å²) in [7, 11) is 0. The fraction of sp³-hybridized carbons (Fsp3) is 0.182. The summed E-state index contributed by atoms with van der Waals surface area (Å²) in [4.78, 5) is 11.5. The van der Waals surface area contributed by atoms with Crippen molar-refractivity contribution >= 4 is 17.4 Å². The van der Waals surface area contributed by atoms with Crippen LogP contribution in [0.5, 0.6) is 0 Å². The quantitative estimate of drug-likeness (QED) is 0.521. The number of hydrogen-bond acceptors (Lipinski definition) is 1. The molecule has 0 aromatic heterocycles. The van der Waals surface area contributed by atoms with E-state index in [2.05, 4.69) is 6.58 Å². The highest BCUT2D eigenvalue weighted by atomic mass is 35.5. The number of ketones is 1. The molecule has 0 unspecified atom stereocenters. The van der Waals surface area contributed by atoms with Gasteiger partial charge in [0.15, 0.2) is 5.78 Å². The molecule has 0 fully saturated rings. The summed E-state index contributed by atoms with van der Waals surface area (Å²) in [6, 6.07) is 5.37. The molecule has 0 spiro atoms. The maximum atomic E-state index is 11.5. The maximum absolute atomic E-state index is 11.5. The molecule has 0 amide bonds. The van der Waals surface area contributed by atoms with Crippen molar-refractivity contribution in [1.29, 1.82) is 0 Å². The van der Waals surface area contributed by atoms with E-state index in [1.807, 2.05) is 13.0 Å². The van der Waals surface area contributed by atoms with Crippen LogP contribution >= 0.6 is 11.6 Å². The second-order valence-electron chi connectivity index (χ2n) is 3.09. The average molecular weight is 195 g/mol. The lowest BCUT2D eigenvalue weighted by Crippen LogP contribution is -2.00. The van der Waals surface area contributed by atoms with E-state index >= 15 is 0 Å². The van der Waals surface area contributed by atoms with Gasteiger partial charge in [-0.15, -0.1) is 0 Å². The highest BCUT2D eigenvalue weighted by Crippen LogP contribution is 2.19. The SMILES string of the molecule is C=C(C)C(=O)c1ccc(C)cc1Cl. The number of halogens is 1. The summed E-state index contributed by atoms with van der Waals surface area (Å²) < 4.78 is 0. The van der Waals surface area contributed by atoms with Crippen LogP contribution in [0.15, 0.2) is 30.4 Å². The van der Waals surface area contributed by atoms with E-state index in [4.69, 9.17) is 11.6 Å². The van der Waals surface area contributed by atoms with Crippen molar-refractivity contribution in [2.75, 3.05) is 0 Å². The number of rotatable bonds is 2. The van der Waals surface area contributed by atoms with Crippen LogP contribution in [0.25, 0.3) is 0 Å². The van der Waals surface area contributed by atoms with Crippen molar-refractivity contribution in [2.45, 2.75) is 13.8 Å². The Morgan fingerprint density at radius 3 is 2.54 bits per heavy atom. The monoisotopic (exact) mass is 194 g/mol.